The quantitative estimate of drug-likeness (QED) is 0.732. The van der Waals surface area contributed by atoms with Gasteiger partial charge in [0, 0.05) is 6.42 Å². The van der Waals surface area contributed by atoms with E-state index in [1.165, 1.54) is 19.1 Å². The summed E-state index contributed by atoms with van der Waals surface area (Å²) in [6.07, 6.45) is -0.384. The van der Waals surface area contributed by atoms with Crippen molar-refractivity contribution in [3.63, 3.8) is 0 Å². The summed E-state index contributed by atoms with van der Waals surface area (Å²) in [7, 11) is -8.81. The van der Waals surface area contributed by atoms with E-state index >= 15 is 0 Å². The van der Waals surface area contributed by atoms with Crippen LogP contribution in [0.1, 0.15) is 24.5 Å². The van der Waals surface area contributed by atoms with Crippen LogP contribution in [0.5, 0.6) is 0 Å². The molecule has 0 N–H and O–H groups in total. The van der Waals surface area contributed by atoms with Crippen molar-refractivity contribution in [3.05, 3.63) is 65.7 Å². The molecule has 1 aliphatic heterocycles. The molecular weight excluding hydrogens is 402 g/mol. The molecule has 0 radical (unpaired) electrons. The molecule has 0 saturated carbocycles. The highest BCUT2D eigenvalue weighted by Crippen LogP contribution is 2.29. The maximum Gasteiger partial charge on any atom is 0.352 e. The standard InChI is InChI=1S/C19H23NO6S2/c1-15-8-10-18(11-9-15)27(21,22)20-16(2)19(12-13-26-28(20,23)24)25-14-17-6-4-3-5-7-17/h3-11,16,19H,12-14H2,1-2H3/t16-,19+/m0/s1. The van der Waals surface area contributed by atoms with Crippen molar-refractivity contribution >= 4 is 20.3 Å². The molecule has 2 atom stereocenters. The number of sulfonamides is 1. The fraction of sp³-hybridized carbons (Fsp3) is 0.368. The lowest BCUT2D eigenvalue weighted by Crippen LogP contribution is -2.47. The minimum Gasteiger partial charge on any atom is -0.372 e. The predicted molar refractivity (Wildman–Crippen MR) is 104 cm³/mol. The Morgan fingerprint density at radius 3 is 2.39 bits per heavy atom. The molecule has 7 nitrogen and oxygen atoms in total. The van der Waals surface area contributed by atoms with Crippen LogP contribution in [0.25, 0.3) is 0 Å². The zero-order valence-corrected chi connectivity index (χ0v) is 17.3. The molecule has 152 valence electrons. The van der Waals surface area contributed by atoms with Crippen molar-refractivity contribution in [3.8, 4) is 0 Å². The molecule has 0 amide bonds. The Morgan fingerprint density at radius 2 is 1.75 bits per heavy atom. The van der Waals surface area contributed by atoms with E-state index in [1.807, 2.05) is 37.3 Å². The van der Waals surface area contributed by atoms with Crippen LogP contribution in [0.3, 0.4) is 0 Å². The Kier molecular flexibility index (Phi) is 6.21. The Bertz CT molecular complexity index is 1000. The lowest BCUT2D eigenvalue weighted by molar-refractivity contribution is 0.00743. The van der Waals surface area contributed by atoms with Gasteiger partial charge in [0.25, 0.3) is 10.0 Å². The Hall–Kier alpha value is -1.78. The van der Waals surface area contributed by atoms with E-state index in [0.717, 1.165) is 11.1 Å². The number of ether oxygens (including phenoxy) is 1. The first-order valence-electron chi connectivity index (χ1n) is 8.88. The van der Waals surface area contributed by atoms with Crippen LogP contribution in [0.4, 0.5) is 0 Å². The summed E-state index contributed by atoms with van der Waals surface area (Å²) in [5.41, 5.74) is 1.78. The third-order valence-corrected chi connectivity index (χ3v) is 8.64. The van der Waals surface area contributed by atoms with Gasteiger partial charge >= 0.3 is 10.3 Å². The molecule has 1 heterocycles. The van der Waals surface area contributed by atoms with Crippen molar-refractivity contribution < 1.29 is 25.8 Å². The van der Waals surface area contributed by atoms with Gasteiger partial charge in [0.05, 0.1) is 30.3 Å². The second kappa shape index (κ2) is 8.30. The number of nitrogens with zero attached hydrogens (tertiary/aromatic N) is 1. The van der Waals surface area contributed by atoms with Gasteiger partial charge < -0.3 is 4.74 Å². The second-order valence-electron chi connectivity index (χ2n) is 6.69. The molecule has 2 aromatic rings. The number of aryl methyl sites for hydroxylation is 1. The number of hydrogen-bond donors (Lipinski definition) is 0. The highest BCUT2D eigenvalue weighted by molar-refractivity contribution is 8.02. The molecule has 1 aliphatic rings. The van der Waals surface area contributed by atoms with E-state index < -0.39 is 32.5 Å². The van der Waals surface area contributed by atoms with Gasteiger partial charge in [-0.15, -0.1) is 0 Å². The summed E-state index contributed by atoms with van der Waals surface area (Å²) < 4.78 is 62.6. The maximum absolute atomic E-state index is 13.1. The van der Waals surface area contributed by atoms with Gasteiger partial charge in [-0.1, -0.05) is 51.7 Å². The van der Waals surface area contributed by atoms with Gasteiger partial charge in [0.1, 0.15) is 0 Å². The smallest absolute Gasteiger partial charge is 0.352 e. The van der Waals surface area contributed by atoms with E-state index in [0.29, 0.717) is 3.71 Å². The molecule has 3 rings (SSSR count). The number of hydrogen-bond acceptors (Lipinski definition) is 6. The first kappa shape index (κ1) is 20.9. The van der Waals surface area contributed by atoms with Crippen molar-refractivity contribution in [2.24, 2.45) is 0 Å². The Balaban J connectivity index is 1.91. The van der Waals surface area contributed by atoms with E-state index in [9.17, 15) is 16.8 Å². The summed E-state index contributed by atoms with van der Waals surface area (Å²) in [6.45, 7) is 3.44. The largest absolute Gasteiger partial charge is 0.372 e. The average molecular weight is 426 g/mol. The molecule has 0 unspecified atom stereocenters. The zero-order chi connectivity index (χ0) is 20.4. The van der Waals surface area contributed by atoms with Crippen LogP contribution >= 0.6 is 0 Å². The predicted octanol–water partition coefficient (Wildman–Crippen LogP) is 2.62. The molecule has 2 aromatic carbocycles. The van der Waals surface area contributed by atoms with Crippen LogP contribution in [-0.2, 0) is 35.9 Å². The monoisotopic (exact) mass is 425 g/mol. The summed E-state index contributed by atoms with van der Waals surface area (Å²) in [6, 6.07) is 14.4. The average Bonchev–Trinajstić information content (AvgIpc) is 2.76. The van der Waals surface area contributed by atoms with E-state index in [2.05, 4.69) is 0 Å². The Morgan fingerprint density at radius 1 is 1.11 bits per heavy atom. The van der Waals surface area contributed by atoms with Crippen molar-refractivity contribution in [2.75, 3.05) is 6.61 Å². The third-order valence-electron chi connectivity index (χ3n) is 4.59. The second-order valence-corrected chi connectivity index (χ2v) is 10.2. The fourth-order valence-electron chi connectivity index (χ4n) is 3.06. The number of rotatable bonds is 5. The summed E-state index contributed by atoms with van der Waals surface area (Å²) in [4.78, 5) is -0.110. The molecule has 0 bridgehead atoms. The van der Waals surface area contributed by atoms with E-state index in [1.54, 1.807) is 12.1 Å². The molecular formula is C19H23NO6S2. The third kappa shape index (κ3) is 4.44. The van der Waals surface area contributed by atoms with Crippen LogP contribution in [0.2, 0.25) is 0 Å². The van der Waals surface area contributed by atoms with Crippen molar-refractivity contribution in [1.29, 1.82) is 0 Å². The molecule has 0 aliphatic carbocycles. The van der Waals surface area contributed by atoms with E-state index in [4.69, 9.17) is 8.92 Å². The maximum atomic E-state index is 13.1. The molecule has 9 heteroatoms. The zero-order valence-electron chi connectivity index (χ0n) is 15.7. The summed E-state index contributed by atoms with van der Waals surface area (Å²) >= 11 is 0. The highest BCUT2D eigenvalue weighted by Gasteiger charge is 2.45. The first-order chi connectivity index (χ1) is 13.2. The summed E-state index contributed by atoms with van der Waals surface area (Å²) in [5.74, 6) is 0. The van der Waals surface area contributed by atoms with Crippen molar-refractivity contribution in [2.45, 2.75) is 43.9 Å². The highest BCUT2D eigenvalue weighted by atomic mass is 32.3. The van der Waals surface area contributed by atoms with Gasteiger partial charge in [0.2, 0.25) is 0 Å². The van der Waals surface area contributed by atoms with Gasteiger partial charge in [0.15, 0.2) is 0 Å². The molecule has 0 aromatic heterocycles. The van der Waals surface area contributed by atoms with Crippen LogP contribution in [0, 0.1) is 6.92 Å². The van der Waals surface area contributed by atoms with Crippen LogP contribution in [-0.4, -0.2) is 39.3 Å². The lowest BCUT2D eigenvalue weighted by Gasteiger charge is -2.29. The molecule has 0 spiro atoms. The Labute approximate surface area is 166 Å². The van der Waals surface area contributed by atoms with Crippen molar-refractivity contribution in [1.82, 2.24) is 3.71 Å². The van der Waals surface area contributed by atoms with Crippen LogP contribution in [0.15, 0.2) is 59.5 Å². The minimum absolute atomic E-state index is 0.110. The van der Waals surface area contributed by atoms with Gasteiger partial charge in [-0.3, -0.25) is 4.18 Å². The minimum atomic E-state index is -4.48. The normalized spacial score (nSPS) is 23.2. The van der Waals surface area contributed by atoms with Crippen LogP contribution < -0.4 is 0 Å². The van der Waals surface area contributed by atoms with Gasteiger partial charge in [-0.25, -0.2) is 8.42 Å². The SMILES string of the molecule is Cc1ccc(S(=O)(=O)N2[C@@H](C)[C@H](OCc3ccccc3)CCOS2(=O)=O)cc1. The molecule has 28 heavy (non-hydrogen) atoms. The van der Waals surface area contributed by atoms with E-state index in [-0.39, 0.29) is 24.5 Å². The molecule has 1 fully saturated rings. The topological polar surface area (TPSA) is 90.0 Å². The lowest BCUT2D eigenvalue weighted by atomic mass is 10.1. The first-order valence-corrected chi connectivity index (χ1v) is 11.7. The summed E-state index contributed by atoms with van der Waals surface area (Å²) in [5, 5.41) is 0. The van der Waals surface area contributed by atoms with Gasteiger partial charge in [-0.05, 0) is 31.5 Å². The number of benzene rings is 2. The molecule has 1 saturated heterocycles. The van der Waals surface area contributed by atoms with Gasteiger partial charge in [-0.2, -0.15) is 8.42 Å². The fourth-order valence-corrected chi connectivity index (χ4v) is 6.62.